The number of primary amides is 1. The molecular weight excluding hydrogens is 262 g/mol. The zero-order valence-corrected chi connectivity index (χ0v) is 14.6. The summed E-state index contributed by atoms with van der Waals surface area (Å²) in [6.45, 7) is 13.8. The first-order valence-electron chi connectivity index (χ1n) is 8.53. The van der Waals surface area contributed by atoms with Gasteiger partial charge in [0.2, 0.25) is 5.91 Å². The molecule has 3 N–H and O–H groups in total. The van der Waals surface area contributed by atoms with E-state index in [0.29, 0.717) is 17.9 Å². The Bertz CT molecular complexity index is 314. The summed E-state index contributed by atoms with van der Waals surface area (Å²) in [5, 5.41) is 3.46. The largest absolute Gasteiger partial charge is 0.368 e. The Kier molecular flexibility index (Phi) is 7.14. The van der Waals surface area contributed by atoms with Gasteiger partial charge in [-0.05, 0) is 57.5 Å². The highest BCUT2D eigenvalue weighted by atomic mass is 16.1. The third-order valence-corrected chi connectivity index (χ3v) is 4.23. The van der Waals surface area contributed by atoms with Gasteiger partial charge in [-0.25, -0.2) is 0 Å². The number of hydrogen-bond donors (Lipinski definition) is 2. The predicted molar refractivity (Wildman–Crippen MR) is 89.1 cm³/mol. The maximum atomic E-state index is 11.9. The van der Waals surface area contributed by atoms with E-state index >= 15 is 0 Å². The average Bonchev–Trinajstić information content (AvgIpc) is 3.15. The van der Waals surface area contributed by atoms with E-state index in [1.165, 1.54) is 12.8 Å². The Morgan fingerprint density at radius 1 is 1.19 bits per heavy atom. The Hall–Kier alpha value is -0.610. The van der Waals surface area contributed by atoms with E-state index in [9.17, 15) is 4.79 Å². The minimum Gasteiger partial charge on any atom is -0.368 e. The van der Waals surface area contributed by atoms with Gasteiger partial charge in [-0.2, -0.15) is 0 Å². The van der Waals surface area contributed by atoms with Crippen LogP contribution in [0.2, 0.25) is 0 Å². The molecule has 21 heavy (non-hydrogen) atoms. The van der Waals surface area contributed by atoms with Crippen molar-refractivity contribution < 1.29 is 4.79 Å². The molecule has 0 bridgehead atoms. The smallest absolute Gasteiger partial charge is 0.238 e. The minimum atomic E-state index is -0.602. The zero-order chi connectivity index (χ0) is 16.0. The van der Waals surface area contributed by atoms with Gasteiger partial charge in [-0.1, -0.05) is 27.7 Å². The van der Waals surface area contributed by atoms with Gasteiger partial charge in [0.15, 0.2) is 0 Å². The first-order valence-corrected chi connectivity index (χ1v) is 8.53. The third-order valence-electron chi connectivity index (χ3n) is 4.23. The fourth-order valence-electron chi connectivity index (χ4n) is 2.47. The molecule has 0 heterocycles. The third kappa shape index (κ3) is 7.28. The molecule has 4 nitrogen and oxygen atoms in total. The Labute approximate surface area is 130 Å². The molecule has 1 saturated carbocycles. The van der Waals surface area contributed by atoms with Crippen molar-refractivity contribution in [3.8, 4) is 0 Å². The number of nitrogens with one attached hydrogen (secondary N) is 1. The van der Waals surface area contributed by atoms with Crippen molar-refractivity contribution in [2.24, 2.45) is 17.6 Å². The number of amides is 1. The van der Waals surface area contributed by atoms with Crippen LogP contribution in [0.5, 0.6) is 0 Å². The van der Waals surface area contributed by atoms with Gasteiger partial charge < -0.3 is 10.6 Å². The highest BCUT2D eigenvalue weighted by molar-refractivity contribution is 5.84. The van der Waals surface area contributed by atoms with Crippen LogP contribution in [0.1, 0.15) is 60.3 Å². The number of rotatable bonds is 11. The zero-order valence-electron chi connectivity index (χ0n) is 14.6. The molecule has 1 rings (SSSR count). The van der Waals surface area contributed by atoms with Gasteiger partial charge >= 0.3 is 0 Å². The molecule has 0 aromatic carbocycles. The van der Waals surface area contributed by atoms with Crippen LogP contribution in [0, 0.1) is 11.8 Å². The number of nitrogens with zero attached hydrogens (tertiary/aromatic N) is 1. The van der Waals surface area contributed by atoms with Gasteiger partial charge in [0.25, 0.3) is 0 Å². The van der Waals surface area contributed by atoms with Crippen molar-refractivity contribution >= 4 is 5.91 Å². The second kappa shape index (κ2) is 8.14. The van der Waals surface area contributed by atoms with E-state index in [1.54, 1.807) is 0 Å². The van der Waals surface area contributed by atoms with Crippen LogP contribution in [0.4, 0.5) is 0 Å². The van der Waals surface area contributed by atoms with Gasteiger partial charge in [-0.3, -0.25) is 10.1 Å². The molecule has 1 unspecified atom stereocenters. The van der Waals surface area contributed by atoms with Crippen molar-refractivity contribution in [3.63, 3.8) is 0 Å². The number of carbonyl (C=O) groups is 1. The second-order valence-electron chi connectivity index (χ2n) is 7.76. The van der Waals surface area contributed by atoms with E-state index in [1.807, 2.05) is 6.92 Å². The van der Waals surface area contributed by atoms with Crippen LogP contribution >= 0.6 is 0 Å². The predicted octanol–water partition coefficient (Wildman–Crippen LogP) is 2.38. The number of hydrogen-bond acceptors (Lipinski definition) is 3. The maximum absolute atomic E-state index is 11.9. The van der Waals surface area contributed by atoms with Gasteiger partial charge in [0.05, 0.1) is 0 Å². The lowest BCUT2D eigenvalue weighted by atomic mass is 9.99. The van der Waals surface area contributed by atoms with Crippen LogP contribution in [-0.4, -0.2) is 42.0 Å². The molecular formula is C17H35N3O. The fourth-order valence-corrected chi connectivity index (χ4v) is 2.47. The number of carbonyl (C=O) groups excluding carboxylic acids is 1. The summed E-state index contributed by atoms with van der Waals surface area (Å²) in [6, 6.07) is 0.486. The maximum Gasteiger partial charge on any atom is 0.238 e. The summed E-state index contributed by atoms with van der Waals surface area (Å²) < 4.78 is 0. The minimum absolute atomic E-state index is 0.228. The molecule has 124 valence electrons. The second-order valence-corrected chi connectivity index (χ2v) is 7.76. The molecule has 0 aromatic rings. The molecule has 1 atom stereocenters. The summed E-state index contributed by atoms with van der Waals surface area (Å²) in [4.78, 5) is 14.3. The van der Waals surface area contributed by atoms with Gasteiger partial charge in [-0.15, -0.1) is 0 Å². The lowest BCUT2D eigenvalue weighted by molar-refractivity contribution is -0.124. The van der Waals surface area contributed by atoms with E-state index in [2.05, 4.69) is 37.9 Å². The molecule has 4 heteroatoms. The highest BCUT2D eigenvalue weighted by Crippen LogP contribution is 2.23. The first-order chi connectivity index (χ1) is 9.73. The molecule has 1 aliphatic carbocycles. The Balaban J connectivity index is 2.62. The fraction of sp³-hybridized carbons (Fsp3) is 0.941. The standard InChI is InChI=1S/C17H35N3O/c1-13(2)8-10-20(11-9-14(3)4)12-17(5,16(18)21)19-15-6-7-15/h13-15,19H,6-12H2,1-5H3,(H2,18,21). The topological polar surface area (TPSA) is 58.4 Å². The van der Waals surface area contributed by atoms with Crippen LogP contribution < -0.4 is 11.1 Å². The lowest BCUT2D eigenvalue weighted by Crippen LogP contribution is -2.60. The first kappa shape index (κ1) is 18.4. The molecule has 0 radical (unpaired) electrons. The van der Waals surface area contributed by atoms with Crippen molar-refractivity contribution in [1.29, 1.82) is 0 Å². The SMILES string of the molecule is CC(C)CCN(CCC(C)C)CC(C)(NC1CC1)C(N)=O. The summed E-state index contributed by atoms with van der Waals surface area (Å²) in [5.41, 5.74) is 5.08. The van der Waals surface area contributed by atoms with E-state index in [0.717, 1.165) is 32.5 Å². The summed E-state index contributed by atoms with van der Waals surface area (Å²) in [7, 11) is 0. The molecule has 0 saturated heterocycles. The van der Waals surface area contributed by atoms with Crippen molar-refractivity contribution in [2.45, 2.75) is 71.9 Å². The van der Waals surface area contributed by atoms with Crippen molar-refractivity contribution in [2.75, 3.05) is 19.6 Å². The van der Waals surface area contributed by atoms with E-state index in [4.69, 9.17) is 5.73 Å². The van der Waals surface area contributed by atoms with Crippen molar-refractivity contribution in [3.05, 3.63) is 0 Å². The normalized spacial score (nSPS) is 18.5. The molecule has 0 aliphatic heterocycles. The van der Waals surface area contributed by atoms with Crippen LogP contribution in [-0.2, 0) is 4.79 Å². The molecule has 1 aliphatic rings. The molecule has 0 spiro atoms. The lowest BCUT2D eigenvalue weighted by Gasteiger charge is -2.35. The summed E-state index contributed by atoms with van der Waals surface area (Å²) >= 11 is 0. The van der Waals surface area contributed by atoms with E-state index in [-0.39, 0.29) is 5.91 Å². The summed E-state index contributed by atoms with van der Waals surface area (Å²) in [6.07, 6.45) is 4.66. The number of nitrogens with two attached hydrogens (primary N) is 1. The van der Waals surface area contributed by atoms with Gasteiger partial charge in [0.1, 0.15) is 5.54 Å². The quantitative estimate of drug-likeness (QED) is 0.615. The molecule has 0 aromatic heterocycles. The highest BCUT2D eigenvalue weighted by Gasteiger charge is 2.38. The average molecular weight is 297 g/mol. The van der Waals surface area contributed by atoms with Crippen LogP contribution in [0.25, 0.3) is 0 Å². The Morgan fingerprint density at radius 2 is 1.67 bits per heavy atom. The van der Waals surface area contributed by atoms with Gasteiger partial charge in [0, 0.05) is 12.6 Å². The molecule has 1 amide bonds. The van der Waals surface area contributed by atoms with E-state index < -0.39 is 5.54 Å². The molecule has 1 fully saturated rings. The van der Waals surface area contributed by atoms with Crippen molar-refractivity contribution in [1.82, 2.24) is 10.2 Å². The van der Waals surface area contributed by atoms with Crippen LogP contribution in [0.15, 0.2) is 0 Å². The van der Waals surface area contributed by atoms with Crippen LogP contribution in [0.3, 0.4) is 0 Å². The monoisotopic (exact) mass is 297 g/mol. The Morgan fingerprint density at radius 3 is 2.00 bits per heavy atom. The summed E-state index contributed by atoms with van der Waals surface area (Å²) in [5.74, 6) is 1.14.